The molecule has 5 nitrogen and oxygen atoms in total. The molecule has 0 radical (unpaired) electrons. The maximum absolute atomic E-state index is 13.9. The predicted octanol–water partition coefficient (Wildman–Crippen LogP) is 5.11. The number of carbonyl (C=O) groups excluding carboxylic acids is 1. The lowest BCUT2D eigenvalue weighted by atomic mass is 9.98. The zero-order valence-corrected chi connectivity index (χ0v) is 20.0. The number of aliphatic imine (C=N–C) groups is 2. The second kappa shape index (κ2) is 9.80. The van der Waals surface area contributed by atoms with Crippen molar-refractivity contribution in [2.45, 2.75) is 25.4 Å². The standard InChI is InChI=1S/C23H23BrF2N4OS/c1-2-30-11-9-23(10-12-30)28-21(15-3-5-16(24)6-4-15)22(29-23)32-14-20(31)27-19-8-7-17(25)13-18(19)26/h3-8,13H,2,9-12,14H2,1H3,(H,27,31). The molecule has 0 bridgehead atoms. The van der Waals surface area contributed by atoms with Crippen LogP contribution in [0.3, 0.4) is 0 Å². The van der Waals surface area contributed by atoms with Crippen LogP contribution >= 0.6 is 27.7 Å². The van der Waals surface area contributed by atoms with E-state index in [1.54, 1.807) is 0 Å². The molecule has 2 aliphatic heterocycles. The summed E-state index contributed by atoms with van der Waals surface area (Å²) in [5, 5.41) is 3.21. The summed E-state index contributed by atoms with van der Waals surface area (Å²) in [5.74, 6) is -1.84. The topological polar surface area (TPSA) is 57.1 Å². The number of benzene rings is 2. The second-order valence-electron chi connectivity index (χ2n) is 7.76. The molecule has 1 saturated heterocycles. The molecule has 4 rings (SSSR count). The smallest absolute Gasteiger partial charge is 0.234 e. The summed E-state index contributed by atoms with van der Waals surface area (Å²) in [7, 11) is 0. The maximum Gasteiger partial charge on any atom is 0.234 e. The Bertz CT molecular complexity index is 1070. The van der Waals surface area contributed by atoms with E-state index in [0.29, 0.717) is 5.04 Å². The van der Waals surface area contributed by atoms with E-state index in [4.69, 9.17) is 9.98 Å². The van der Waals surface area contributed by atoms with Gasteiger partial charge < -0.3 is 10.2 Å². The molecule has 0 saturated carbocycles. The van der Waals surface area contributed by atoms with E-state index in [9.17, 15) is 13.6 Å². The Kier molecular flexibility index (Phi) is 7.07. The van der Waals surface area contributed by atoms with E-state index in [-0.39, 0.29) is 17.3 Å². The van der Waals surface area contributed by atoms with Gasteiger partial charge in [-0.1, -0.05) is 46.7 Å². The van der Waals surface area contributed by atoms with Crippen LogP contribution in [0.2, 0.25) is 0 Å². The third-order valence-corrected chi connectivity index (χ3v) is 7.09. The first-order valence-electron chi connectivity index (χ1n) is 10.4. The summed E-state index contributed by atoms with van der Waals surface area (Å²) in [5.41, 5.74) is 1.19. The number of piperidine rings is 1. The number of hydrogen-bond acceptors (Lipinski definition) is 5. The van der Waals surface area contributed by atoms with Gasteiger partial charge in [0.25, 0.3) is 0 Å². The highest BCUT2D eigenvalue weighted by molar-refractivity contribution is 9.10. The first kappa shape index (κ1) is 23.1. The van der Waals surface area contributed by atoms with Crippen molar-refractivity contribution in [3.05, 3.63) is 64.1 Å². The largest absolute Gasteiger partial charge is 0.323 e. The van der Waals surface area contributed by atoms with Gasteiger partial charge in [0.1, 0.15) is 16.7 Å². The van der Waals surface area contributed by atoms with Crippen molar-refractivity contribution in [3.63, 3.8) is 0 Å². The minimum atomic E-state index is -0.805. The average Bonchev–Trinajstić information content (AvgIpc) is 3.13. The number of likely N-dealkylation sites (tertiary alicyclic amines) is 1. The normalized spacial score (nSPS) is 17.9. The molecule has 0 aromatic heterocycles. The van der Waals surface area contributed by atoms with E-state index < -0.39 is 17.3 Å². The monoisotopic (exact) mass is 520 g/mol. The van der Waals surface area contributed by atoms with Crippen LogP contribution < -0.4 is 5.32 Å². The third kappa shape index (κ3) is 5.27. The lowest BCUT2D eigenvalue weighted by Gasteiger charge is -2.34. The molecule has 168 valence electrons. The number of halogens is 3. The van der Waals surface area contributed by atoms with Crippen molar-refractivity contribution in [2.24, 2.45) is 9.98 Å². The molecular weight excluding hydrogens is 498 g/mol. The van der Waals surface area contributed by atoms with E-state index in [1.165, 1.54) is 17.8 Å². The number of anilines is 1. The van der Waals surface area contributed by atoms with Gasteiger partial charge in [-0.3, -0.25) is 9.79 Å². The molecule has 1 spiro atoms. The fourth-order valence-electron chi connectivity index (χ4n) is 3.78. The van der Waals surface area contributed by atoms with Gasteiger partial charge in [-0.25, -0.2) is 13.8 Å². The highest BCUT2D eigenvalue weighted by Crippen LogP contribution is 2.35. The van der Waals surface area contributed by atoms with Gasteiger partial charge in [0, 0.05) is 42.0 Å². The minimum absolute atomic E-state index is 0.0440. The molecule has 2 heterocycles. The molecule has 1 fully saturated rings. The zero-order valence-electron chi connectivity index (χ0n) is 17.6. The fourth-order valence-corrected chi connectivity index (χ4v) is 4.92. The van der Waals surface area contributed by atoms with Crippen LogP contribution in [0, 0.1) is 11.6 Å². The Morgan fingerprint density at radius 2 is 1.88 bits per heavy atom. The third-order valence-electron chi connectivity index (χ3n) is 5.60. The highest BCUT2D eigenvalue weighted by Gasteiger charge is 2.39. The Labute approximate surface area is 198 Å². The molecule has 0 aliphatic carbocycles. The van der Waals surface area contributed by atoms with Crippen LogP contribution in [0.5, 0.6) is 0 Å². The summed E-state index contributed by atoms with van der Waals surface area (Å²) in [6, 6.07) is 10.9. The van der Waals surface area contributed by atoms with Crippen molar-refractivity contribution in [2.75, 3.05) is 30.7 Å². The van der Waals surface area contributed by atoms with Crippen LogP contribution in [-0.2, 0) is 4.79 Å². The number of thioether (sulfide) groups is 1. The van der Waals surface area contributed by atoms with Gasteiger partial charge in [0.05, 0.1) is 17.2 Å². The van der Waals surface area contributed by atoms with E-state index in [2.05, 4.69) is 33.1 Å². The highest BCUT2D eigenvalue weighted by atomic mass is 79.9. The van der Waals surface area contributed by atoms with Gasteiger partial charge in [0.2, 0.25) is 5.91 Å². The molecule has 0 unspecified atom stereocenters. The molecular formula is C23H23BrF2N4OS. The zero-order chi connectivity index (χ0) is 22.7. The Morgan fingerprint density at radius 3 is 2.53 bits per heavy atom. The van der Waals surface area contributed by atoms with Crippen LogP contribution in [-0.4, -0.2) is 52.6 Å². The van der Waals surface area contributed by atoms with Crippen LogP contribution in [0.15, 0.2) is 56.9 Å². The first-order valence-corrected chi connectivity index (χ1v) is 12.2. The van der Waals surface area contributed by atoms with Gasteiger partial charge in [-0.2, -0.15) is 0 Å². The average molecular weight is 521 g/mol. The molecule has 1 amide bonds. The predicted molar refractivity (Wildman–Crippen MR) is 130 cm³/mol. The van der Waals surface area contributed by atoms with E-state index >= 15 is 0 Å². The molecule has 2 aromatic carbocycles. The number of carbonyl (C=O) groups is 1. The van der Waals surface area contributed by atoms with Crippen molar-refractivity contribution in [1.29, 1.82) is 0 Å². The summed E-state index contributed by atoms with van der Waals surface area (Å²) in [6.45, 7) is 5.01. The lowest BCUT2D eigenvalue weighted by molar-refractivity contribution is -0.113. The van der Waals surface area contributed by atoms with Gasteiger partial charge >= 0.3 is 0 Å². The number of hydrogen-bond donors (Lipinski definition) is 1. The summed E-state index contributed by atoms with van der Waals surface area (Å²) < 4.78 is 27.9. The Balaban J connectivity index is 1.50. The van der Waals surface area contributed by atoms with Crippen LogP contribution in [0.25, 0.3) is 0 Å². The van der Waals surface area contributed by atoms with Crippen molar-refractivity contribution < 1.29 is 13.6 Å². The molecule has 32 heavy (non-hydrogen) atoms. The number of amides is 1. The van der Waals surface area contributed by atoms with Crippen LogP contribution in [0.1, 0.15) is 25.3 Å². The van der Waals surface area contributed by atoms with Gasteiger partial charge in [0.15, 0.2) is 5.66 Å². The molecule has 2 aliphatic rings. The van der Waals surface area contributed by atoms with E-state index in [1.807, 2.05) is 24.3 Å². The fraction of sp³-hybridized carbons (Fsp3) is 0.348. The van der Waals surface area contributed by atoms with Gasteiger partial charge in [-0.15, -0.1) is 0 Å². The Morgan fingerprint density at radius 1 is 1.16 bits per heavy atom. The number of nitrogens with one attached hydrogen (secondary N) is 1. The number of nitrogens with zero attached hydrogens (tertiary/aromatic N) is 3. The first-order chi connectivity index (χ1) is 15.4. The summed E-state index contributed by atoms with van der Waals surface area (Å²) >= 11 is 4.74. The Hall–Kier alpha value is -2.10. The quantitative estimate of drug-likeness (QED) is 0.595. The van der Waals surface area contributed by atoms with Crippen molar-refractivity contribution in [1.82, 2.24) is 4.90 Å². The SMILES string of the molecule is CCN1CCC2(CC1)N=C(SCC(=O)Nc1ccc(F)cc1F)C(c1ccc(Br)cc1)=N2. The van der Waals surface area contributed by atoms with Crippen molar-refractivity contribution >= 4 is 50.0 Å². The summed E-state index contributed by atoms with van der Waals surface area (Å²) in [4.78, 5) is 24.8. The van der Waals surface area contributed by atoms with Crippen LogP contribution in [0.4, 0.5) is 14.5 Å². The van der Waals surface area contributed by atoms with Crippen molar-refractivity contribution in [3.8, 4) is 0 Å². The lowest BCUT2D eigenvalue weighted by Crippen LogP contribution is -2.41. The molecule has 2 aromatic rings. The van der Waals surface area contributed by atoms with E-state index in [0.717, 1.165) is 60.4 Å². The number of rotatable bonds is 5. The second-order valence-corrected chi connectivity index (χ2v) is 9.64. The minimum Gasteiger partial charge on any atom is -0.323 e. The molecule has 1 N–H and O–H groups in total. The molecule has 9 heteroatoms. The maximum atomic E-state index is 13.9. The molecule has 0 atom stereocenters. The summed E-state index contributed by atoms with van der Waals surface area (Å²) in [6.07, 6.45) is 1.66. The van der Waals surface area contributed by atoms with Gasteiger partial charge in [-0.05, 0) is 30.8 Å².